The van der Waals surface area contributed by atoms with Gasteiger partial charge in [0.2, 0.25) is 0 Å². The Hall–Kier alpha value is -2.00. The van der Waals surface area contributed by atoms with E-state index in [1.54, 1.807) is 12.1 Å². The number of fused-ring (bicyclic) bond motifs is 1. The second kappa shape index (κ2) is 4.89. The Morgan fingerprint density at radius 1 is 1.18 bits per heavy atom. The maximum atomic E-state index is 9.78. The van der Waals surface area contributed by atoms with Crippen LogP contribution in [0.25, 0.3) is 10.8 Å². The molecule has 3 nitrogen and oxygen atoms in total. The van der Waals surface area contributed by atoms with Gasteiger partial charge in [-0.1, -0.05) is 30.8 Å². The molecule has 0 aliphatic rings. The summed E-state index contributed by atoms with van der Waals surface area (Å²) in [6.45, 7) is 3.70. The van der Waals surface area contributed by atoms with Crippen LogP contribution >= 0.6 is 0 Å². The summed E-state index contributed by atoms with van der Waals surface area (Å²) in [4.78, 5) is 0. The molecule has 2 aromatic carbocycles. The van der Waals surface area contributed by atoms with Crippen LogP contribution in [-0.2, 0) is 0 Å². The van der Waals surface area contributed by atoms with Crippen LogP contribution in [0.5, 0.6) is 11.5 Å². The zero-order valence-electron chi connectivity index (χ0n) is 9.39. The Morgan fingerprint density at radius 3 is 2.47 bits per heavy atom. The van der Waals surface area contributed by atoms with Crippen molar-refractivity contribution in [2.24, 2.45) is 0 Å². The van der Waals surface area contributed by atoms with Gasteiger partial charge in [-0.15, -0.1) is 0 Å². The van der Waals surface area contributed by atoms with Gasteiger partial charge in [0.25, 0.3) is 0 Å². The van der Waals surface area contributed by atoms with E-state index in [2.05, 4.69) is 6.58 Å². The fraction of sp³-hybridized carbons (Fsp3) is 0.143. The first-order chi connectivity index (χ1) is 8.20. The van der Waals surface area contributed by atoms with Gasteiger partial charge in [0.15, 0.2) is 11.5 Å². The van der Waals surface area contributed by atoms with Crippen molar-refractivity contribution >= 4 is 10.8 Å². The molecule has 0 radical (unpaired) electrons. The molecule has 2 aromatic rings. The highest BCUT2D eigenvalue weighted by atomic mass is 16.5. The van der Waals surface area contributed by atoms with Crippen molar-refractivity contribution in [2.45, 2.75) is 0 Å². The third-order valence-electron chi connectivity index (χ3n) is 2.48. The highest BCUT2D eigenvalue weighted by molar-refractivity contribution is 5.85. The predicted molar refractivity (Wildman–Crippen MR) is 67.3 cm³/mol. The molecule has 0 saturated carbocycles. The van der Waals surface area contributed by atoms with E-state index >= 15 is 0 Å². The number of hydrogen-bond donors (Lipinski definition) is 2. The summed E-state index contributed by atoms with van der Waals surface area (Å²) in [5, 5.41) is 20.5. The molecule has 3 heteroatoms. The van der Waals surface area contributed by atoms with Crippen LogP contribution < -0.4 is 4.74 Å². The van der Waals surface area contributed by atoms with Crippen LogP contribution in [-0.4, -0.2) is 23.4 Å². The molecule has 17 heavy (non-hydrogen) atoms. The van der Waals surface area contributed by atoms with Crippen molar-refractivity contribution in [1.29, 1.82) is 0 Å². The average Bonchev–Trinajstić information content (AvgIpc) is 2.35. The third-order valence-corrected chi connectivity index (χ3v) is 2.48. The molecule has 88 valence electrons. The van der Waals surface area contributed by atoms with E-state index in [0.29, 0.717) is 11.3 Å². The highest BCUT2D eigenvalue weighted by Gasteiger charge is 2.05. The summed E-state index contributed by atoms with van der Waals surface area (Å²) in [5.41, 5.74) is 0.567. The molecule has 0 unspecified atom stereocenters. The maximum absolute atomic E-state index is 9.78. The van der Waals surface area contributed by atoms with Crippen LogP contribution in [0.15, 0.2) is 48.6 Å². The van der Waals surface area contributed by atoms with Crippen molar-refractivity contribution < 1.29 is 14.9 Å². The molecule has 0 heterocycles. The quantitative estimate of drug-likeness (QED) is 0.793. The number of aliphatic hydroxyl groups excluding tert-OH is 1. The Bertz CT molecular complexity index is 546. The van der Waals surface area contributed by atoms with Gasteiger partial charge in [-0.2, -0.15) is 0 Å². The highest BCUT2D eigenvalue weighted by Crippen LogP contribution is 2.31. The van der Waals surface area contributed by atoms with Crippen LogP contribution in [0.3, 0.4) is 0 Å². The molecule has 0 saturated heterocycles. The Morgan fingerprint density at radius 2 is 1.82 bits per heavy atom. The van der Waals surface area contributed by atoms with Crippen molar-refractivity contribution in [3.63, 3.8) is 0 Å². The van der Waals surface area contributed by atoms with Crippen molar-refractivity contribution in [1.82, 2.24) is 0 Å². The van der Waals surface area contributed by atoms with Gasteiger partial charge in [0.1, 0.15) is 6.61 Å². The lowest BCUT2D eigenvalue weighted by atomic mass is 10.1. The summed E-state index contributed by atoms with van der Waals surface area (Å²) in [7, 11) is 0. The van der Waals surface area contributed by atoms with E-state index in [-0.39, 0.29) is 19.0 Å². The van der Waals surface area contributed by atoms with Gasteiger partial charge in [-0.05, 0) is 28.5 Å². The largest absolute Gasteiger partial charge is 0.504 e. The monoisotopic (exact) mass is 230 g/mol. The van der Waals surface area contributed by atoms with Crippen LogP contribution in [0.4, 0.5) is 0 Å². The molecule has 2 N–H and O–H groups in total. The molecule has 0 atom stereocenters. The number of aliphatic hydroxyl groups is 1. The van der Waals surface area contributed by atoms with Crippen molar-refractivity contribution in [3.8, 4) is 11.5 Å². The van der Waals surface area contributed by atoms with E-state index in [1.807, 2.05) is 24.3 Å². The fourth-order valence-corrected chi connectivity index (χ4v) is 1.55. The fourth-order valence-electron chi connectivity index (χ4n) is 1.55. The van der Waals surface area contributed by atoms with E-state index in [9.17, 15) is 5.11 Å². The van der Waals surface area contributed by atoms with Crippen LogP contribution in [0, 0.1) is 0 Å². The number of phenols is 1. The van der Waals surface area contributed by atoms with Gasteiger partial charge in [0.05, 0.1) is 6.61 Å². The minimum Gasteiger partial charge on any atom is -0.504 e. The van der Waals surface area contributed by atoms with E-state index in [1.165, 1.54) is 0 Å². The predicted octanol–water partition coefficient (Wildman–Crippen LogP) is 2.47. The van der Waals surface area contributed by atoms with E-state index < -0.39 is 0 Å². The molecule has 0 fully saturated rings. The number of benzene rings is 2. The van der Waals surface area contributed by atoms with Gasteiger partial charge < -0.3 is 14.9 Å². The second-order valence-electron chi connectivity index (χ2n) is 3.86. The van der Waals surface area contributed by atoms with Crippen LogP contribution in [0.2, 0.25) is 0 Å². The first-order valence-electron chi connectivity index (χ1n) is 5.33. The molecular formula is C14H14O3. The third kappa shape index (κ3) is 2.57. The summed E-state index contributed by atoms with van der Waals surface area (Å²) in [6, 6.07) is 11.1. The SMILES string of the molecule is C=C(CO)COc1cc2ccccc2cc1O. The first kappa shape index (κ1) is 11.5. The summed E-state index contributed by atoms with van der Waals surface area (Å²) < 4.78 is 5.39. The Labute approximate surface area is 99.6 Å². The zero-order chi connectivity index (χ0) is 12.3. The molecule has 0 spiro atoms. The molecule has 0 amide bonds. The molecular weight excluding hydrogens is 216 g/mol. The molecule has 0 aliphatic heterocycles. The standard InChI is InChI=1S/C14H14O3/c1-10(8-15)9-17-14-7-12-5-3-2-4-11(12)6-13(14)16/h2-7,15-16H,1,8-9H2. The Kier molecular flexibility index (Phi) is 3.30. The average molecular weight is 230 g/mol. The second-order valence-corrected chi connectivity index (χ2v) is 3.86. The molecule has 0 aromatic heterocycles. The van der Waals surface area contributed by atoms with Gasteiger partial charge >= 0.3 is 0 Å². The van der Waals surface area contributed by atoms with E-state index in [4.69, 9.17) is 9.84 Å². The van der Waals surface area contributed by atoms with Gasteiger partial charge in [-0.3, -0.25) is 0 Å². The Balaban J connectivity index is 2.28. The zero-order valence-corrected chi connectivity index (χ0v) is 9.39. The molecule has 0 aliphatic carbocycles. The molecule has 2 rings (SSSR count). The lowest BCUT2D eigenvalue weighted by Gasteiger charge is -2.09. The normalized spacial score (nSPS) is 10.4. The summed E-state index contributed by atoms with van der Waals surface area (Å²) in [5.74, 6) is 0.493. The lowest BCUT2D eigenvalue weighted by Crippen LogP contribution is -2.03. The minimum absolute atomic E-state index is 0.0921. The van der Waals surface area contributed by atoms with Gasteiger partial charge in [-0.25, -0.2) is 0 Å². The summed E-state index contributed by atoms with van der Waals surface area (Å²) in [6.07, 6.45) is 0. The number of hydrogen-bond acceptors (Lipinski definition) is 3. The van der Waals surface area contributed by atoms with Crippen molar-refractivity contribution in [2.75, 3.05) is 13.2 Å². The number of aromatic hydroxyl groups is 1. The number of ether oxygens (including phenoxy) is 1. The van der Waals surface area contributed by atoms with Gasteiger partial charge in [0, 0.05) is 0 Å². The summed E-state index contributed by atoms with van der Waals surface area (Å²) >= 11 is 0. The topological polar surface area (TPSA) is 49.7 Å². The smallest absolute Gasteiger partial charge is 0.162 e. The van der Waals surface area contributed by atoms with Crippen LogP contribution in [0.1, 0.15) is 0 Å². The number of rotatable bonds is 4. The number of phenolic OH excluding ortho intramolecular Hbond substituents is 1. The lowest BCUT2D eigenvalue weighted by molar-refractivity contribution is 0.281. The maximum Gasteiger partial charge on any atom is 0.162 e. The van der Waals surface area contributed by atoms with E-state index in [0.717, 1.165) is 10.8 Å². The first-order valence-corrected chi connectivity index (χ1v) is 5.33. The van der Waals surface area contributed by atoms with Crippen molar-refractivity contribution in [3.05, 3.63) is 48.6 Å². The molecule has 0 bridgehead atoms. The minimum atomic E-state index is -0.117.